The number of nitriles is 1. The zero-order valence-electron chi connectivity index (χ0n) is 13.2. The first-order valence-corrected chi connectivity index (χ1v) is 7.31. The van der Waals surface area contributed by atoms with Crippen LogP contribution in [-0.4, -0.2) is 38.1 Å². The van der Waals surface area contributed by atoms with E-state index in [1.807, 2.05) is 6.07 Å². The molecule has 0 aliphatic rings. The molecule has 3 aromatic rings. The molecule has 25 heavy (non-hydrogen) atoms. The number of rotatable bonds is 4. The molecule has 0 atom stereocenters. The van der Waals surface area contributed by atoms with Crippen molar-refractivity contribution in [3.05, 3.63) is 42.5 Å². The SMILES string of the molecule is CC(=O)NCC(=O)Nc1ccc2cnn(-c3cncc(C#N)n3)c2c1. The lowest BCUT2D eigenvalue weighted by Gasteiger charge is -2.07. The Kier molecular flexibility index (Phi) is 4.34. The quantitative estimate of drug-likeness (QED) is 0.725. The number of nitrogens with one attached hydrogen (secondary N) is 2. The van der Waals surface area contributed by atoms with Crippen LogP contribution >= 0.6 is 0 Å². The standard InChI is InChI=1S/C16H13N7O2/c1-10(24)19-9-16(25)22-12-3-2-11-6-20-23(14(11)4-12)15-8-18-7-13(5-17)21-15/h2-4,6-8H,9H2,1H3,(H,19,24)(H,22,25). The van der Waals surface area contributed by atoms with Crippen LogP contribution in [0.5, 0.6) is 0 Å². The zero-order valence-corrected chi connectivity index (χ0v) is 13.2. The van der Waals surface area contributed by atoms with Gasteiger partial charge in [0, 0.05) is 18.0 Å². The summed E-state index contributed by atoms with van der Waals surface area (Å²) in [6.07, 6.45) is 4.51. The molecule has 1 aromatic carbocycles. The first kappa shape index (κ1) is 16.1. The second-order valence-corrected chi connectivity index (χ2v) is 5.16. The molecule has 2 N–H and O–H groups in total. The first-order valence-electron chi connectivity index (χ1n) is 7.31. The Morgan fingerprint density at radius 2 is 2.12 bits per heavy atom. The smallest absolute Gasteiger partial charge is 0.243 e. The Labute approximate surface area is 142 Å². The van der Waals surface area contributed by atoms with Crippen molar-refractivity contribution < 1.29 is 9.59 Å². The van der Waals surface area contributed by atoms with E-state index in [0.29, 0.717) is 17.0 Å². The number of anilines is 1. The highest BCUT2D eigenvalue weighted by Gasteiger charge is 2.10. The number of carbonyl (C=O) groups excluding carboxylic acids is 2. The molecule has 0 unspecified atom stereocenters. The molecule has 0 aliphatic heterocycles. The van der Waals surface area contributed by atoms with Gasteiger partial charge in [0.25, 0.3) is 0 Å². The monoisotopic (exact) mass is 335 g/mol. The van der Waals surface area contributed by atoms with Gasteiger partial charge >= 0.3 is 0 Å². The van der Waals surface area contributed by atoms with Crippen LogP contribution in [0.15, 0.2) is 36.8 Å². The summed E-state index contributed by atoms with van der Waals surface area (Å²) in [5.74, 6) is -0.220. The molecule has 2 heterocycles. The number of hydrogen-bond donors (Lipinski definition) is 2. The van der Waals surface area contributed by atoms with Gasteiger partial charge in [0.2, 0.25) is 11.8 Å². The molecule has 0 saturated heterocycles. The predicted molar refractivity (Wildman–Crippen MR) is 88.7 cm³/mol. The van der Waals surface area contributed by atoms with Gasteiger partial charge in [0.1, 0.15) is 6.07 Å². The van der Waals surface area contributed by atoms with Gasteiger partial charge in [-0.1, -0.05) is 0 Å². The minimum Gasteiger partial charge on any atom is -0.347 e. The summed E-state index contributed by atoms with van der Waals surface area (Å²) in [5.41, 5.74) is 1.43. The maximum atomic E-state index is 11.8. The van der Waals surface area contributed by atoms with E-state index in [0.717, 1.165) is 5.39 Å². The molecule has 0 aliphatic carbocycles. The number of aromatic nitrogens is 4. The van der Waals surface area contributed by atoms with Crippen molar-refractivity contribution >= 4 is 28.4 Å². The van der Waals surface area contributed by atoms with E-state index >= 15 is 0 Å². The van der Waals surface area contributed by atoms with Gasteiger partial charge in [-0.2, -0.15) is 10.4 Å². The van der Waals surface area contributed by atoms with Crippen molar-refractivity contribution in [3.63, 3.8) is 0 Å². The van der Waals surface area contributed by atoms with E-state index in [-0.39, 0.29) is 24.1 Å². The van der Waals surface area contributed by atoms with Gasteiger partial charge in [-0.05, 0) is 18.2 Å². The molecular formula is C16H13N7O2. The Hall–Kier alpha value is -3.80. The fourth-order valence-corrected chi connectivity index (χ4v) is 2.20. The third-order valence-electron chi connectivity index (χ3n) is 3.31. The Morgan fingerprint density at radius 3 is 2.88 bits per heavy atom. The largest absolute Gasteiger partial charge is 0.347 e. The number of nitrogens with zero attached hydrogens (tertiary/aromatic N) is 5. The molecule has 2 aromatic heterocycles. The highest BCUT2D eigenvalue weighted by atomic mass is 16.2. The number of carbonyl (C=O) groups is 2. The molecule has 3 rings (SSSR count). The summed E-state index contributed by atoms with van der Waals surface area (Å²) in [4.78, 5) is 30.8. The van der Waals surface area contributed by atoms with Crippen LogP contribution in [0.25, 0.3) is 16.7 Å². The van der Waals surface area contributed by atoms with E-state index < -0.39 is 0 Å². The van der Waals surface area contributed by atoms with Gasteiger partial charge in [-0.15, -0.1) is 0 Å². The number of benzene rings is 1. The number of fused-ring (bicyclic) bond motifs is 1. The summed E-state index contributed by atoms with van der Waals surface area (Å²) < 4.78 is 1.53. The maximum absolute atomic E-state index is 11.8. The minimum absolute atomic E-state index is 0.109. The van der Waals surface area contributed by atoms with Crippen LogP contribution in [0.4, 0.5) is 5.69 Å². The molecule has 0 saturated carbocycles. The number of hydrogen-bond acceptors (Lipinski definition) is 6. The lowest BCUT2D eigenvalue weighted by molar-refractivity contribution is -0.122. The van der Waals surface area contributed by atoms with Crippen LogP contribution in [-0.2, 0) is 9.59 Å². The summed E-state index contributed by atoms with van der Waals surface area (Å²) in [7, 11) is 0. The predicted octanol–water partition coefficient (Wildman–Crippen LogP) is 0.762. The molecule has 9 nitrogen and oxygen atoms in total. The Bertz CT molecular complexity index is 1000. The van der Waals surface area contributed by atoms with Crippen molar-refractivity contribution in [3.8, 4) is 11.9 Å². The van der Waals surface area contributed by atoms with E-state index in [2.05, 4.69) is 25.7 Å². The highest BCUT2D eigenvalue weighted by molar-refractivity contribution is 5.96. The number of amides is 2. The summed E-state index contributed by atoms with van der Waals surface area (Å²) in [6.45, 7) is 1.23. The fraction of sp³-hybridized carbons (Fsp3) is 0.125. The van der Waals surface area contributed by atoms with Crippen LogP contribution < -0.4 is 10.6 Å². The molecular weight excluding hydrogens is 322 g/mol. The van der Waals surface area contributed by atoms with Gasteiger partial charge in [0.05, 0.1) is 30.7 Å². The second kappa shape index (κ2) is 6.76. The van der Waals surface area contributed by atoms with Gasteiger partial charge in [0.15, 0.2) is 11.5 Å². The van der Waals surface area contributed by atoms with Crippen molar-refractivity contribution in [2.75, 3.05) is 11.9 Å². The molecule has 124 valence electrons. The van der Waals surface area contributed by atoms with Gasteiger partial charge in [-0.3, -0.25) is 14.6 Å². The average Bonchev–Trinajstić information content (AvgIpc) is 3.03. The van der Waals surface area contributed by atoms with Gasteiger partial charge in [-0.25, -0.2) is 9.67 Å². The topological polar surface area (TPSA) is 126 Å². The van der Waals surface area contributed by atoms with Crippen LogP contribution in [0.3, 0.4) is 0 Å². The summed E-state index contributed by atoms with van der Waals surface area (Å²) in [6, 6.07) is 7.20. The van der Waals surface area contributed by atoms with E-state index in [1.165, 1.54) is 24.0 Å². The molecule has 2 amide bonds. The van der Waals surface area contributed by atoms with Crippen LogP contribution in [0.2, 0.25) is 0 Å². The minimum atomic E-state index is -0.341. The maximum Gasteiger partial charge on any atom is 0.243 e. The van der Waals surface area contributed by atoms with Crippen LogP contribution in [0.1, 0.15) is 12.6 Å². The van der Waals surface area contributed by atoms with Crippen molar-refractivity contribution in [1.29, 1.82) is 5.26 Å². The molecule has 0 fully saturated rings. The molecule has 0 spiro atoms. The summed E-state index contributed by atoms with van der Waals surface area (Å²) >= 11 is 0. The highest BCUT2D eigenvalue weighted by Crippen LogP contribution is 2.21. The van der Waals surface area contributed by atoms with E-state index in [4.69, 9.17) is 5.26 Å². The van der Waals surface area contributed by atoms with Crippen molar-refractivity contribution in [2.24, 2.45) is 0 Å². The molecule has 0 radical (unpaired) electrons. The fourth-order valence-electron chi connectivity index (χ4n) is 2.20. The van der Waals surface area contributed by atoms with Crippen LogP contribution in [0, 0.1) is 11.3 Å². The van der Waals surface area contributed by atoms with E-state index in [9.17, 15) is 9.59 Å². The Balaban J connectivity index is 1.90. The summed E-state index contributed by atoms with van der Waals surface area (Å²) in [5, 5.41) is 19.2. The third kappa shape index (κ3) is 3.59. The normalized spacial score (nSPS) is 10.2. The van der Waals surface area contributed by atoms with Crippen molar-refractivity contribution in [1.82, 2.24) is 25.1 Å². The first-order chi connectivity index (χ1) is 12.1. The average molecular weight is 335 g/mol. The van der Waals surface area contributed by atoms with Gasteiger partial charge < -0.3 is 10.6 Å². The van der Waals surface area contributed by atoms with E-state index in [1.54, 1.807) is 24.4 Å². The zero-order chi connectivity index (χ0) is 17.8. The molecule has 0 bridgehead atoms. The lowest BCUT2D eigenvalue weighted by Crippen LogP contribution is -2.31. The second-order valence-electron chi connectivity index (χ2n) is 5.16. The Morgan fingerprint density at radius 1 is 1.28 bits per heavy atom. The van der Waals surface area contributed by atoms with Crippen molar-refractivity contribution in [2.45, 2.75) is 6.92 Å². The molecule has 9 heteroatoms. The lowest BCUT2D eigenvalue weighted by atomic mass is 10.2. The third-order valence-corrected chi connectivity index (χ3v) is 3.31.